The summed E-state index contributed by atoms with van der Waals surface area (Å²) < 4.78 is 2.30. The van der Waals surface area contributed by atoms with Gasteiger partial charge >= 0.3 is 0 Å². The van der Waals surface area contributed by atoms with Gasteiger partial charge in [0.05, 0.1) is 0 Å². The normalized spacial score (nSPS) is 23.9. The fourth-order valence-electron chi connectivity index (χ4n) is 4.30. The lowest BCUT2D eigenvalue weighted by Crippen LogP contribution is -2.34. The van der Waals surface area contributed by atoms with Crippen molar-refractivity contribution in [2.24, 2.45) is 5.73 Å². The molecule has 2 aliphatic rings. The van der Waals surface area contributed by atoms with Gasteiger partial charge < -0.3 is 10.3 Å². The fourth-order valence-corrected chi connectivity index (χ4v) is 4.48. The van der Waals surface area contributed by atoms with Crippen LogP contribution in [-0.2, 0) is 17.8 Å². The van der Waals surface area contributed by atoms with Crippen LogP contribution in [-0.4, -0.2) is 28.5 Å². The molecule has 2 aromatic rings. The molecule has 2 N–H and O–H groups in total. The number of hydrogen-bond acceptors (Lipinski definition) is 2. The quantitative estimate of drug-likeness (QED) is 0.946. The molecule has 22 heavy (non-hydrogen) atoms. The molecule has 0 radical (unpaired) electrons. The summed E-state index contributed by atoms with van der Waals surface area (Å²) in [5, 5.41) is 2.01. The van der Waals surface area contributed by atoms with Gasteiger partial charge in [0, 0.05) is 53.1 Å². The number of carbonyl (C=O) groups excluding carboxylic acids is 1. The molecular formula is C17H20ClN3O. The SMILES string of the molecule is CN1C2CCC1c1c(n(CCC(N)=O)c3ccc(Cl)cc13)C2. The molecular weight excluding hydrogens is 298 g/mol. The lowest BCUT2D eigenvalue weighted by atomic mass is 9.97. The molecule has 2 bridgehead atoms. The van der Waals surface area contributed by atoms with E-state index in [-0.39, 0.29) is 5.91 Å². The van der Waals surface area contributed by atoms with Crippen LogP contribution in [0.2, 0.25) is 5.02 Å². The predicted molar refractivity (Wildman–Crippen MR) is 88.0 cm³/mol. The van der Waals surface area contributed by atoms with Gasteiger partial charge in [-0.15, -0.1) is 0 Å². The molecule has 5 heteroatoms. The van der Waals surface area contributed by atoms with Crippen LogP contribution in [0.3, 0.4) is 0 Å². The van der Waals surface area contributed by atoms with Gasteiger partial charge in [0.2, 0.25) is 5.91 Å². The first-order valence-corrected chi connectivity index (χ1v) is 8.25. The van der Waals surface area contributed by atoms with Crippen molar-refractivity contribution in [2.75, 3.05) is 7.05 Å². The number of carbonyl (C=O) groups is 1. The molecule has 2 atom stereocenters. The first-order chi connectivity index (χ1) is 10.6. The van der Waals surface area contributed by atoms with E-state index in [4.69, 9.17) is 17.3 Å². The van der Waals surface area contributed by atoms with E-state index in [2.05, 4.69) is 28.6 Å². The minimum Gasteiger partial charge on any atom is -0.370 e. The van der Waals surface area contributed by atoms with Crippen LogP contribution < -0.4 is 5.73 Å². The van der Waals surface area contributed by atoms with Gasteiger partial charge in [-0.2, -0.15) is 0 Å². The van der Waals surface area contributed by atoms with Gasteiger partial charge in [-0.25, -0.2) is 0 Å². The number of aromatic nitrogens is 1. The average Bonchev–Trinajstić information content (AvgIpc) is 2.88. The van der Waals surface area contributed by atoms with Gasteiger partial charge in [-0.1, -0.05) is 11.6 Å². The maximum atomic E-state index is 11.2. The van der Waals surface area contributed by atoms with Gasteiger partial charge in [-0.3, -0.25) is 9.69 Å². The molecule has 1 fully saturated rings. The predicted octanol–water partition coefficient (Wildman–Crippen LogP) is 2.86. The Kier molecular flexibility index (Phi) is 3.20. The van der Waals surface area contributed by atoms with E-state index >= 15 is 0 Å². The van der Waals surface area contributed by atoms with Crippen LogP contribution in [0.4, 0.5) is 0 Å². The highest BCUT2D eigenvalue weighted by atomic mass is 35.5. The van der Waals surface area contributed by atoms with E-state index in [9.17, 15) is 4.79 Å². The maximum Gasteiger partial charge on any atom is 0.219 e. The van der Waals surface area contributed by atoms with E-state index < -0.39 is 0 Å². The smallest absolute Gasteiger partial charge is 0.219 e. The zero-order chi connectivity index (χ0) is 15.4. The maximum absolute atomic E-state index is 11.2. The van der Waals surface area contributed by atoms with E-state index in [0.717, 1.165) is 11.4 Å². The topological polar surface area (TPSA) is 51.3 Å². The molecule has 0 spiro atoms. The lowest BCUT2D eigenvalue weighted by Gasteiger charge is -2.32. The minimum atomic E-state index is -0.250. The van der Waals surface area contributed by atoms with Gasteiger partial charge in [0.15, 0.2) is 0 Å². The standard InChI is InChI=1S/C17H20ClN3O/c1-20-11-3-5-14(20)17-12-8-10(18)2-4-13(12)21(15(17)9-11)7-6-16(19)22/h2,4,8,11,14H,3,5-7,9H2,1H3,(H2,19,22). The van der Waals surface area contributed by atoms with Crippen LogP contribution in [0, 0.1) is 0 Å². The van der Waals surface area contributed by atoms with E-state index in [1.807, 2.05) is 6.07 Å². The number of nitrogens with zero attached hydrogens (tertiary/aromatic N) is 2. The number of aryl methyl sites for hydroxylation is 1. The summed E-state index contributed by atoms with van der Waals surface area (Å²) in [4.78, 5) is 13.7. The van der Waals surface area contributed by atoms with E-state index in [1.165, 1.54) is 35.0 Å². The van der Waals surface area contributed by atoms with Crippen LogP contribution in [0.25, 0.3) is 10.9 Å². The highest BCUT2D eigenvalue weighted by molar-refractivity contribution is 6.31. The number of halogens is 1. The number of likely N-dealkylation sites (N-methyl/N-ethyl adjacent to an activating group) is 1. The molecule has 0 aliphatic carbocycles. The Morgan fingerprint density at radius 1 is 1.41 bits per heavy atom. The Labute approximate surface area is 134 Å². The Hall–Kier alpha value is -1.52. The van der Waals surface area contributed by atoms with Crippen molar-refractivity contribution in [2.45, 2.75) is 44.3 Å². The molecule has 116 valence electrons. The number of hydrogen-bond donors (Lipinski definition) is 1. The largest absolute Gasteiger partial charge is 0.370 e. The number of primary amides is 1. The lowest BCUT2D eigenvalue weighted by molar-refractivity contribution is -0.118. The third kappa shape index (κ3) is 1.97. The van der Waals surface area contributed by atoms with Crippen molar-refractivity contribution in [1.29, 1.82) is 0 Å². The molecule has 2 unspecified atom stereocenters. The molecule has 1 saturated heterocycles. The Morgan fingerprint density at radius 2 is 2.23 bits per heavy atom. The fraction of sp³-hybridized carbons (Fsp3) is 0.471. The average molecular weight is 318 g/mol. The number of benzene rings is 1. The van der Waals surface area contributed by atoms with Gasteiger partial charge in [0.25, 0.3) is 0 Å². The number of rotatable bonds is 3. The molecule has 1 aromatic carbocycles. The van der Waals surface area contributed by atoms with Crippen molar-refractivity contribution < 1.29 is 4.79 Å². The van der Waals surface area contributed by atoms with Gasteiger partial charge in [0.1, 0.15) is 0 Å². The van der Waals surface area contributed by atoms with Crippen LogP contribution >= 0.6 is 11.6 Å². The first-order valence-electron chi connectivity index (χ1n) is 7.87. The summed E-state index contributed by atoms with van der Waals surface area (Å²) in [6.45, 7) is 0.659. The summed E-state index contributed by atoms with van der Waals surface area (Å²) in [7, 11) is 2.22. The summed E-state index contributed by atoms with van der Waals surface area (Å²) in [5.41, 5.74) is 9.33. The minimum absolute atomic E-state index is 0.250. The second kappa shape index (κ2) is 5.00. The summed E-state index contributed by atoms with van der Waals surface area (Å²) >= 11 is 6.24. The molecule has 3 heterocycles. The van der Waals surface area contributed by atoms with Crippen LogP contribution in [0.15, 0.2) is 18.2 Å². The van der Waals surface area contributed by atoms with Crippen molar-refractivity contribution in [1.82, 2.24) is 9.47 Å². The second-order valence-electron chi connectivity index (χ2n) is 6.51. The highest BCUT2D eigenvalue weighted by Crippen LogP contribution is 2.47. The third-order valence-corrected chi connectivity index (χ3v) is 5.60. The number of nitrogens with two attached hydrogens (primary N) is 1. The monoisotopic (exact) mass is 317 g/mol. The summed E-state index contributed by atoms with van der Waals surface area (Å²) in [6, 6.07) is 7.17. The Balaban J connectivity index is 1.92. The molecule has 1 amide bonds. The van der Waals surface area contributed by atoms with Crippen molar-refractivity contribution >= 4 is 28.4 Å². The Bertz CT molecular complexity index is 767. The number of amides is 1. The summed E-state index contributed by atoms with van der Waals surface area (Å²) in [5.74, 6) is -0.250. The second-order valence-corrected chi connectivity index (χ2v) is 6.94. The van der Waals surface area contributed by atoms with Crippen molar-refractivity contribution in [3.8, 4) is 0 Å². The van der Waals surface area contributed by atoms with E-state index in [0.29, 0.717) is 25.0 Å². The van der Waals surface area contributed by atoms with Gasteiger partial charge in [-0.05, 0) is 43.7 Å². The molecule has 0 saturated carbocycles. The molecule has 4 nitrogen and oxygen atoms in total. The van der Waals surface area contributed by atoms with E-state index in [1.54, 1.807) is 0 Å². The third-order valence-electron chi connectivity index (χ3n) is 5.36. The van der Waals surface area contributed by atoms with Crippen molar-refractivity contribution in [3.63, 3.8) is 0 Å². The van der Waals surface area contributed by atoms with Crippen molar-refractivity contribution in [3.05, 3.63) is 34.5 Å². The zero-order valence-corrected chi connectivity index (χ0v) is 13.4. The van der Waals surface area contributed by atoms with Crippen LogP contribution in [0.5, 0.6) is 0 Å². The number of fused-ring (bicyclic) bond motifs is 6. The van der Waals surface area contributed by atoms with Crippen LogP contribution in [0.1, 0.15) is 36.6 Å². The molecule has 2 aliphatic heterocycles. The molecule has 4 rings (SSSR count). The Morgan fingerprint density at radius 3 is 3.00 bits per heavy atom. The molecule has 1 aromatic heterocycles. The first kappa shape index (κ1) is 14.1. The summed E-state index contributed by atoms with van der Waals surface area (Å²) in [6.07, 6.45) is 3.88. The highest BCUT2D eigenvalue weighted by Gasteiger charge is 2.40. The zero-order valence-electron chi connectivity index (χ0n) is 12.7.